The van der Waals surface area contributed by atoms with E-state index in [0.717, 1.165) is 22.0 Å². The first-order valence-electron chi connectivity index (χ1n) is 8.42. The monoisotopic (exact) mass is 374 g/mol. The molecule has 0 aromatic carbocycles. The van der Waals surface area contributed by atoms with Crippen molar-refractivity contribution in [2.75, 3.05) is 5.32 Å². The summed E-state index contributed by atoms with van der Waals surface area (Å²) < 4.78 is 16.4. The Morgan fingerprint density at radius 3 is 2.92 bits per heavy atom. The number of hydrogen-bond donors (Lipinski definition) is 2. The molecule has 1 saturated carbocycles. The second-order valence-corrected chi connectivity index (χ2v) is 8.03. The summed E-state index contributed by atoms with van der Waals surface area (Å²) in [7, 11) is 0. The van der Waals surface area contributed by atoms with Crippen LogP contribution in [0.25, 0.3) is 16.1 Å². The fraction of sp³-hybridized carbons (Fsp3) is 0.412. The van der Waals surface area contributed by atoms with Crippen molar-refractivity contribution < 1.29 is 9.18 Å². The van der Waals surface area contributed by atoms with Gasteiger partial charge in [0.15, 0.2) is 0 Å². The molecule has 9 heteroatoms. The Morgan fingerprint density at radius 2 is 2.31 bits per heavy atom. The highest BCUT2D eigenvalue weighted by Crippen LogP contribution is 2.37. The molecule has 3 N–H and O–H groups in total. The van der Waals surface area contributed by atoms with E-state index in [9.17, 15) is 9.18 Å². The molecule has 4 rings (SSSR count). The smallest absolute Gasteiger partial charge is 0.252 e. The van der Waals surface area contributed by atoms with E-state index in [1.807, 2.05) is 19.2 Å². The van der Waals surface area contributed by atoms with Gasteiger partial charge in [0.2, 0.25) is 0 Å². The molecule has 7 nitrogen and oxygen atoms in total. The summed E-state index contributed by atoms with van der Waals surface area (Å²) in [6.07, 6.45) is 5.22. The summed E-state index contributed by atoms with van der Waals surface area (Å²) >= 11 is 1.47. The fourth-order valence-corrected chi connectivity index (χ4v) is 4.12. The van der Waals surface area contributed by atoms with Crippen LogP contribution >= 0.6 is 11.3 Å². The van der Waals surface area contributed by atoms with Gasteiger partial charge in [0.25, 0.3) is 5.91 Å². The number of anilines is 1. The number of carbonyl (C=O) groups excluding carboxylic acids is 1. The predicted molar refractivity (Wildman–Crippen MR) is 98.1 cm³/mol. The Morgan fingerprint density at radius 1 is 1.50 bits per heavy atom. The Balaban J connectivity index is 1.83. The van der Waals surface area contributed by atoms with E-state index >= 15 is 0 Å². The molecule has 1 aliphatic carbocycles. The van der Waals surface area contributed by atoms with Gasteiger partial charge in [0.1, 0.15) is 15.7 Å². The van der Waals surface area contributed by atoms with Crippen LogP contribution in [-0.2, 0) is 0 Å². The first-order chi connectivity index (χ1) is 12.3. The third-order valence-electron chi connectivity index (χ3n) is 4.88. The number of hydrogen-bond acceptors (Lipinski definition) is 6. The van der Waals surface area contributed by atoms with Crippen LogP contribution in [0.3, 0.4) is 0 Å². The van der Waals surface area contributed by atoms with E-state index in [1.165, 1.54) is 17.5 Å². The molecule has 26 heavy (non-hydrogen) atoms. The van der Waals surface area contributed by atoms with Crippen LogP contribution in [0.4, 0.5) is 10.1 Å². The Hall–Kier alpha value is -2.55. The Bertz CT molecular complexity index is 994. The minimum Gasteiger partial charge on any atom is -0.377 e. The maximum absolute atomic E-state index is 14.7. The lowest BCUT2D eigenvalue weighted by atomic mass is 10.0. The Kier molecular flexibility index (Phi) is 3.91. The van der Waals surface area contributed by atoms with Crippen LogP contribution in [0.5, 0.6) is 0 Å². The van der Waals surface area contributed by atoms with Crippen molar-refractivity contribution in [2.45, 2.75) is 44.8 Å². The van der Waals surface area contributed by atoms with E-state index in [-0.39, 0.29) is 11.6 Å². The highest BCUT2D eigenvalue weighted by Gasteiger charge is 2.39. The summed E-state index contributed by atoms with van der Waals surface area (Å²) in [4.78, 5) is 11.9. The molecule has 136 valence electrons. The molecular formula is C17H19FN6OS. The third kappa shape index (κ3) is 2.82. The zero-order chi connectivity index (χ0) is 18.5. The molecule has 1 amide bonds. The molecule has 2 atom stereocenters. The summed E-state index contributed by atoms with van der Waals surface area (Å²) in [5.74, 6) is -0.601. The number of aromatic nitrogens is 4. The number of rotatable bonds is 4. The topological polar surface area (TPSA) is 98.2 Å². The van der Waals surface area contributed by atoms with Gasteiger partial charge in [-0.3, -0.25) is 4.79 Å². The zero-order valence-electron chi connectivity index (χ0n) is 14.5. The molecule has 1 fully saturated rings. The number of nitrogens with two attached hydrogens (primary N) is 1. The molecule has 0 radical (unpaired) electrons. The highest BCUT2D eigenvalue weighted by molar-refractivity contribution is 7.14. The van der Waals surface area contributed by atoms with Gasteiger partial charge in [0.05, 0.1) is 29.0 Å². The van der Waals surface area contributed by atoms with Crippen molar-refractivity contribution >= 4 is 28.4 Å². The number of fused-ring (bicyclic) bond motifs is 1. The number of nitrogens with zero attached hydrogens (tertiary/aromatic N) is 4. The van der Waals surface area contributed by atoms with Gasteiger partial charge in [-0.05, 0) is 39.2 Å². The number of halogens is 1. The molecule has 0 aliphatic heterocycles. The quantitative estimate of drug-likeness (QED) is 0.732. The number of carbonyl (C=O) groups is 1. The van der Waals surface area contributed by atoms with E-state index in [2.05, 4.69) is 20.6 Å². The first-order valence-corrected chi connectivity index (χ1v) is 9.24. The van der Waals surface area contributed by atoms with Crippen molar-refractivity contribution in [2.24, 2.45) is 5.73 Å². The van der Waals surface area contributed by atoms with E-state index < -0.39 is 11.6 Å². The predicted octanol–water partition coefficient (Wildman–Crippen LogP) is 2.95. The van der Waals surface area contributed by atoms with Crippen molar-refractivity contribution in [3.8, 4) is 10.6 Å². The van der Waals surface area contributed by atoms with Crippen LogP contribution in [-0.4, -0.2) is 37.4 Å². The molecular weight excluding hydrogens is 355 g/mol. The maximum Gasteiger partial charge on any atom is 0.252 e. The van der Waals surface area contributed by atoms with Gasteiger partial charge in [-0.25, -0.2) is 8.91 Å². The van der Waals surface area contributed by atoms with E-state index in [4.69, 9.17) is 5.73 Å². The molecule has 3 heterocycles. The number of amides is 1. The number of primary amides is 1. The lowest BCUT2D eigenvalue weighted by Crippen LogP contribution is -2.36. The summed E-state index contributed by atoms with van der Waals surface area (Å²) in [6, 6.07) is 1.49. The van der Waals surface area contributed by atoms with Gasteiger partial charge < -0.3 is 11.1 Å². The number of aryl methyl sites for hydroxylation is 1. The van der Waals surface area contributed by atoms with Gasteiger partial charge >= 0.3 is 0 Å². The van der Waals surface area contributed by atoms with E-state index in [1.54, 1.807) is 11.4 Å². The van der Waals surface area contributed by atoms with Gasteiger partial charge in [-0.2, -0.15) is 5.10 Å². The molecule has 0 bridgehead atoms. The summed E-state index contributed by atoms with van der Waals surface area (Å²) in [5.41, 5.74) is 6.45. The van der Waals surface area contributed by atoms with Crippen LogP contribution in [0.15, 0.2) is 18.5 Å². The maximum atomic E-state index is 14.7. The van der Waals surface area contributed by atoms with Gasteiger partial charge in [-0.15, -0.1) is 10.2 Å². The van der Waals surface area contributed by atoms with Crippen molar-refractivity contribution in [1.29, 1.82) is 0 Å². The second-order valence-electron chi connectivity index (χ2n) is 6.85. The second kappa shape index (κ2) is 6.01. The number of alkyl halides is 1. The molecule has 0 spiro atoms. The van der Waals surface area contributed by atoms with Gasteiger partial charge in [-0.1, -0.05) is 11.3 Å². The van der Waals surface area contributed by atoms with Crippen LogP contribution < -0.4 is 11.1 Å². The average molecular weight is 374 g/mol. The molecule has 0 saturated heterocycles. The minimum absolute atomic E-state index is 0.248. The fourth-order valence-electron chi connectivity index (χ4n) is 3.45. The summed E-state index contributed by atoms with van der Waals surface area (Å²) in [5, 5.41) is 17.3. The van der Waals surface area contributed by atoms with Crippen molar-refractivity contribution in [3.63, 3.8) is 0 Å². The van der Waals surface area contributed by atoms with Crippen molar-refractivity contribution in [3.05, 3.63) is 29.0 Å². The SMILES string of the molecule is Cc1nnc(-c2cc3c(N[C@@H]4CCC[C@]4(C)F)c(C(N)=O)cnn3c2)s1. The molecule has 3 aromatic heterocycles. The van der Waals surface area contributed by atoms with Crippen LogP contribution in [0.2, 0.25) is 0 Å². The summed E-state index contributed by atoms with van der Waals surface area (Å²) in [6.45, 7) is 3.48. The van der Waals surface area contributed by atoms with Crippen molar-refractivity contribution in [1.82, 2.24) is 19.8 Å². The Labute approximate surface area is 153 Å². The molecule has 1 aliphatic rings. The van der Waals surface area contributed by atoms with Crippen LogP contribution in [0, 0.1) is 6.92 Å². The normalized spacial score (nSPS) is 22.8. The van der Waals surface area contributed by atoms with E-state index in [0.29, 0.717) is 24.0 Å². The largest absolute Gasteiger partial charge is 0.377 e. The number of nitrogens with one attached hydrogen (secondary N) is 1. The minimum atomic E-state index is -1.33. The van der Waals surface area contributed by atoms with Crippen LogP contribution in [0.1, 0.15) is 41.6 Å². The van der Waals surface area contributed by atoms with Gasteiger partial charge in [0, 0.05) is 11.8 Å². The first kappa shape index (κ1) is 16.9. The lowest BCUT2D eigenvalue weighted by molar-refractivity contribution is 0.1000. The lowest BCUT2D eigenvalue weighted by Gasteiger charge is -2.26. The third-order valence-corrected chi connectivity index (χ3v) is 5.77. The standard InChI is InChI=1S/C17H19FN6OS/c1-9-22-23-16(26-9)10-6-12-14(21-13-4-3-5-17(13,2)18)11(15(19)25)7-20-24(12)8-10/h6-8,13,21H,3-5H2,1-2H3,(H2,19,25)/t13-,17+/m1/s1. The molecule has 0 unspecified atom stereocenters. The highest BCUT2D eigenvalue weighted by atomic mass is 32.1. The zero-order valence-corrected chi connectivity index (χ0v) is 15.3. The molecule has 3 aromatic rings. The average Bonchev–Trinajstić information content (AvgIpc) is 3.26.